The van der Waals surface area contributed by atoms with E-state index in [2.05, 4.69) is 10.1 Å². The number of nitrogens with two attached hydrogens (primary N) is 4. The predicted octanol–water partition coefficient (Wildman–Crippen LogP) is 5.41. The molecule has 0 bridgehead atoms. The van der Waals surface area contributed by atoms with Gasteiger partial charge in [-0.1, -0.05) is 72.9 Å². The van der Waals surface area contributed by atoms with E-state index in [1.807, 2.05) is 6.07 Å². The zero-order chi connectivity index (χ0) is 42.8. The molecule has 0 unspecified atom stereocenters. The number of nitrogens with zero attached hydrogens (tertiary/aromatic N) is 1. The smallest absolute Gasteiger partial charge is 0.857 e. The number of nitrogens with one attached hydrogen (secondary N) is 1. The Morgan fingerprint density at radius 2 is 1.12 bits per heavy atom. The number of carbonyl (C=O) groups excluding carboxylic acids is 4. The molecule has 14 nitrogen and oxygen atoms in total. The van der Waals surface area contributed by atoms with Crippen LogP contribution in [0.5, 0.6) is 17.2 Å². The monoisotopic (exact) mass is 930 g/mol. The first kappa shape index (κ1) is 57.2. The molecule has 0 aliphatic carbocycles. The van der Waals surface area contributed by atoms with Gasteiger partial charge in [0.25, 0.3) is 5.91 Å². The summed E-state index contributed by atoms with van der Waals surface area (Å²) in [6.07, 6.45) is 0. The molecular weight excluding hydrogens is 893 g/mol. The van der Waals surface area contributed by atoms with E-state index in [0.717, 1.165) is 7.11 Å². The Balaban J connectivity index is 0. The van der Waals surface area contributed by atoms with E-state index in [1.54, 1.807) is 30.3 Å². The molecule has 314 valence electrons. The summed E-state index contributed by atoms with van der Waals surface area (Å²) in [4.78, 5) is 45.0. The Kier molecular flexibility index (Phi) is 27.2. The van der Waals surface area contributed by atoms with Crippen molar-refractivity contribution in [3.8, 4) is 23.3 Å². The molecule has 0 aromatic heterocycles. The molecule has 0 spiro atoms. The Bertz CT molecular complexity index is 2300. The van der Waals surface area contributed by atoms with Crippen molar-refractivity contribution in [3.63, 3.8) is 0 Å². The van der Waals surface area contributed by atoms with E-state index in [9.17, 15) is 19.2 Å². The number of benzene rings is 5. The van der Waals surface area contributed by atoms with Crippen molar-refractivity contribution in [2.75, 3.05) is 37.6 Å². The minimum absolute atomic E-state index is 0. The number of ether oxygens (including phenoxy) is 3. The number of nitrogen functional groups attached to an aromatic ring is 2. The van der Waals surface area contributed by atoms with Crippen LogP contribution < -0.4 is 72.4 Å². The van der Waals surface area contributed by atoms with Crippen LogP contribution in [-0.2, 0) is 9.53 Å². The van der Waals surface area contributed by atoms with Gasteiger partial charge in [-0.25, -0.2) is 4.79 Å². The minimum atomic E-state index is -0.631. The molecule has 5 rings (SSSR count). The fourth-order valence-corrected chi connectivity index (χ4v) is 5.09. The van der Waals surface area contributed by atoms with Crippen molar-refractivity contribution < 1.29 is 68.1 Å². The van der Waals surface area contributed by atoms with Crippen LogP contribution in [0.1, 0.15) is 51.5 Å². The number of hydrogen-bond acceptors (Lipinski definition) is 11. The van der Waals surface area contributed by atoms with Gasteiger partial charge in [-0.05, 0) is 84.9 Å². The van der Waals surface area contributed by atoms with Crippen molar-refractivity contribution in [3.05, 3.63) is 138 Å². The van der Waals surface area contributed by atoms with E-state index in [1.165, 1.54) is 67.8 Å². The Hall–Kier alpha value is -4.92. The summed E-state index contributed by atoms with van der Waals surface area (Å²) in [6.45, 7) is -0.344. The van der Waals surface area contributed by atoms with Gasteiger partial charge in [-0.15, -0.1) is 0 Å². The second kappa shape index (κ2) is 28.5. The Morgan fingerprint density at radius 3 is 1.60 bits per heavy atom. The van der Waals surface area contributed by atoms with E-state index in [-0.39, 0.29) is 67.4 Å². The van der Waals surface area contributed by atoms with E-state index < -0.39 is 23.7 Å². The van der Waals surface area contributed by atoms with Crippen LogP contribution in [-0.4, -0.2) is 44.5 Å². The van der Waals surface area contributed by atoms with Crippen LogP contribution in [0.2, 0.25) is 25.1 Å². The molecule has 5 aromatic rings. The van der Waals surface area contributed by atoms with Crippen molar-refractivity contribution in [1.29, 1.82) is 5.26 Å². The molecule has 0 saturated carbocycles. The fraction of sp³-hybridized carbons (Fsp3) is 0.125. The fourth-order valence-electron chi connectivity index (χ4n) is 4.06. The standard InChI is InChI=1S/C22H14Cl3N3O4.C8H8ClNO2.C7H7ClN2O.CH3O.2CH4.Na/c23-14-3-12(10-26)4-17(7-14)32-18-8-15(24)6-16(9-18)31-11-21(29)28-20-2-1-13(22(27)30)5-19(20)25;1-12-8(11)5-2-3-7(10)6(9)4-5;8-5-3-4(7(10)11)1-2-6(5)9;1-2;;;/h1-9H,11H2,(H2,27,30)(H,28,29);2-4H,10H2,1H3;1-3H,9H2,(H2,10,11);1H3;2*1H4;/q;;;-1;;;+1. The largest absolute Gasteiger partial charge is 1.00 e. The van der Waals surface area contributed by atoms with Crippen LogP contribution in [0.25, 0.3) is 0 Å². The predicted molar refractivity (Wildman–Crippen MR) is 233 cm³/mol. The zero-order valence-electron chi connectivity index (χ0n) is 30.8. The first-order valence-corrected chi connectivity index (χ1v) is 17.5. The molecule has 0 fully saturated rings. The Morgan fingerprint density at radius 1 is 0.667 bits per heavy atom. The van der Waals surface area contributed by atoms with Gasteiger partial charge in [0, 0.05) is 27.2 Å². The van der Waals surface area contributed by atoms with Gasteiger partial charge in [-0.3, -0.25) is 14.4 Å². The molecule has 0 saturated heterocycles. The van der Waals surface area contributed by atoms with Gasteiger partial charge in [0.15, 0.2) is 6.61 Å². The summed E-state index contributed by atoms with van der Waals surface area (Å²) in [5.41, 5.74) is 23.6. The molecule has 0 heterocycles. The van der Waals surface area contributed by atoms with Gasteiger partial charge in [0.05, 0.1) is 56.4 Å². The topological polar surface area (TPSA) is 259 Å². The van der Waals surface area contributed by atoms with Crippen molar-refractivity contribution in [2.45, 2.75) is 14.9 Å². The van der Waals surface area contributed by atoms with Crippen molar-refractivity contribution >= 4 is 98.8 Å². The maximum absolute atomic E-state index is 12.2. The van der Waals surface area contributed by atoms with Crippen LogP contribution in [0, 0.1) is 11.3 Å². The average molecular weight is 933 g/mol. The first-order chi connectivity index (χ1) is 27.0. The number of halogens is 5. The number of hydrogen-bond donors (Lipinski definition) is 5. The maximum atomic E-state index is 12.2. The molecule has 5 aromatic carbocycles. The summed E-state index contributed by atoms with van der Waals surface area (Å²) in [7, 11) is 2.06. The van der Waals surface area contributed by atoms with Crippen LogP contribution >= 0.6 is 58.0 Å². The second-order valence-corrected chi connectivity index (χ2v) is 12.8. The number of primary amides is 2. The van der Waals surface area contributed by atoms with Gasteiger partial charge in [0.1, 0.15) is 17.2 Å². The first-order valence-electron chi connectivity index (χ1n) is 15.6. The van der Waals surface area contributed by atoms with E-state index in [0.29, 0.717) is 65.3 Å². The molecular formula is C40H40Cl5N6NaO8. The minimum Gasteiger partial charge on any atom is -0.857 e. The summed E-state index contributed by atoms with van der Waals surface area (Å²) in [6, 6.07) is 24.5. The summed E-state index contributed by atoms with van der Waals surface area (Å²) >= 11 is 29.5. The SMILES string of the molecule is C.C.COC(=O)c1ccc(N)c(Cl)c1.C[O-].N#Cc1cc(Cl)cc(Oc2cc(Cl)cc(OCC(=O)Nc3ccc(C(N)=O)cc3Cl)c2)c1.NC(=O)c1ccc(N)c(Cl)c1.[Na+]. The molecule has 0 radical (unpaired) electrons. The molecule has 9 N–H and O–H groups in total. The zero-order valence-corrected chi connectivity index (χ0v) is 36.6. The van der Waals surface area contributed by atoms with Gasteiger partial charge >= 0.3 is 35.5 Å². The van der Waals surface area contributed by atoms with Crippen LogP contribution in [0.15, 0.2) is 91.0 Å². The quantitative estimate of drug-likeness (QED) is 0.0709. The molecule has 0 aliphatic heterocycles. The van der Waals surface area contributed by atoms with Gasteiger partial charge in [-0.2, -0.15) is 12.4 Å². The van der Waals surface area contributed by atoms with Crippen molar-refractivity contribution in [2.24, 2.45) is 11.5 Å². The van der Waals surface area contributed by atoms with E-state index >= 15 is 0 Å². The average Bonchev–Trinajstić information content (AvgIpc) is 3.17. The molecule has 60 heavy (non-hydrogen) atoms. The summed E-state index contributed by atoms with van der Waals surface area (Å²) < 4.78 is 15.7. The number of anilines is 3. The maximum Gasteiger partial charge on any atom is 1.00 e. The number of carbonyl (C=O) groups is 4. The van der Waals surface area contributed by atoms with E-state index in [4.69, 9.17) is 101 Å². The number of methoxy groups -OCH3 is 1. The van der Waals surface area contributed by atoms with Gasteiger partial charge < -0.3 is 47.6 Å². The van der Waals surface area contributed by atoms with Gasteiger partial charge in [0.2, 0.25) is 11.8 Å². The molecule has 0 atom stereocenters. The third-order valence-electron chi connectivity index (χ3n) is 6.69. The number of esters is 1. The molecule has 0 aliphatic rings. The number of nitriles is 1. The normalized spacial score (nSPS) is 9.18. The molecule has 20 heteroatoms. The number of amides is 3. The number of rotatable bonds is 9. The summed E-state index contributed by atoms with van der Waals surface area (Å²) in [5, 5.41) is 21.4. The van der Waals surface area contributed by atoms with Crippen LogP contribution in [0.3, 0.4) is 0 Å². The third-order valence-corrected chi connectivity index (χ3v) is 8.09. The third kappa shape index (κ3) is 19.0. The molecule has 3 amide bonds. The summed E-state index contributed by atoms with van der Waals surface area (Å²) in [5.74, 6) is -1.11. The van der Waals surface area contributed by atoms with Crippen LogP contribution in [0.4, 0.5) is 17.1 Å². The van der Waals surface area contributed by atoms with Crippen molar-refractivity contribution in [1.82, 2.24) is 0 Å². The Labute approximate surface area is 394 Å². The second-order valence-electron chi connectivity index (χ2n) is 10.7.